The van der Waals surface area contributed by atoms with Crippen LogP contribution in [0.1, 0.15) is 33.6 Å². The van der Waals surface area contributed by atoms with E-state index in [0.717, 1.165) is 38.5 Å². The van der Waals surface area contributed by atoms with Gasteiger partial charge in [0.1, 0.15) is 0 Å². The molecule has 0 aliphatic carbocycles. The summed E-state index contributed by atoms with van der Waals surface area (Å²) in [5.41, 5.74) is -0.261. The van der Waals surface area contributed by atoms with Gasteiger partial charge in [0.15, 0.2) is 5.96 Å². The Morgan fingerprint density at radius 1 is 1.41 bits per heavy atom. The molecule has 6 nitrogen and oxygen atoms in total. The standard InChI is InChI=1S/C15H31N3O3.HI/c1-5-16-13(17-10-14(2,3)20-4)18-11-15(6-8-19)7-9-21-12-15;/h19H,5-12H2,1-4H3,(H2,16,17,18);1H. The third kappa shape index (κ3) is 7.43. The molecule has 1 fully saturated rings. The van der Waals surface area contributed by atoms with Crippen LogP contribution in [-0.4, -0.2) is 63.2 Å². The second-order valence-electron chi connectivity index (χ2n) is 6.29. The van der Waals surface area contributed by atoms with Crippen molar-refractivity contribution < 1.29 is 14.6 Å². The molecule has 0 spiro atoms. The van der Waals surface area contributed by atoms with Gasteiger partial charge in [0, 0.05) is 38.8 Å². The summed E-state index contributed by atoms with van der Waals surface area (Å²) < 4.78 is 10.9. The fraction of sp³-hybridized carbons (Fsp3) is 0.933. The van der Waals surface area contributed by atoms with Crippen molar-refractivity contribution in [1.82, 2.24) is 10.6 Å². The molecular formula is C15H32IN3O3. The minimum Gasteiger partial charge on any atom is -0.396 e. The highest BCUT2D eigenvalue weighted by Gasteiger charge is 2.34. The number of aliphatic hydroxyl groups excluding tert-OH is 1. The van der Waals surface area contributed by atoms with Gasteiger partial charge < -0.3 is 25.2 Å². The van der Waals surface area contributed by atoms with Gasteiger partial charge >= 0.3 is 0 Å². The van der Waals surface area contributed by atoms with Gasteiger partial charge in [0.05, 0.1) is 18.8 Å². The lowest BCUT2D eigenvalue weighted by Gasteiger charge is -2.28. The number of nitrogens with zero attached hydrogens (tertiary/aromatic N) is 1. The molecule has 1 heterocycles. The highest BCUT2D eigenvalue weighted by molar-refractivity contribution is 14.0. The highest BCUT2D eigenvalue weighted by Crippen LogP contribution is 2.31. The summed E-state index contributed by atoms with van der Waals surface area (Å²) >= 11 is 0. The van der Waals surface area contributed by atoms with Crippen LogP contribution in [0.25, 0.3) is 0 Å². The van der Waals surface area contributed by atoms with Gasteiger partial charge in [-0.3, -0.25) is 4.99 Å². The maximum absolute atomic E-state index is 9.26. The largest absolute Gasteiger partial charge is 0.396 e. The van der Waals surface area contributed by atoms with E-state index >= 15 is 0 Å². The number of hydrogen-bond donors (Lipinski definition) is 3. The average molecular weight is 429 g/mol. The van der Waals surface area contributed by atoms with Crippen molar-refractivity contribution in [1.29, 1.82) is 0 Å². The monoisotopic (exact) mass is 429 g/mol. The predicted molar refractivity (Wildman–Crippen MR) is 100 cm³/mol. The molecule has 0 aromatic heterocycles. The maximum atomic E-state index is 9.26. The van der Waals surface area contributed by atoms with Crippen LogP contribution in [0.3, 0.4) is 0 Å². The number of rotatable bonds is 8. The van der Waals surface area contributed by atoms with E-state index in [2.05, 4.69) is 15.6 Å². The van der Waals surface area contributed by atoms with Crippen molar-refractivity contribution in [3.63, 3.8) is 0 Å². The summed E-state index contributed by atoms with van der Waals surface area (Å²) in [6.07, 6.45) is 1.73. The Morgan fingerprint density at radius 3 is 2.64 bits per heavy atom. The average Bonchev–Trinajstić information content (AvgIpc) is 2.91. The molecule has 1 unspecified atom stereocenters. The van der Waals surface area contributed by atoms with E-state index in [0.29, 0.717) is 13.2 Å². The van der Waals surface area contributed by atoms with Gasteiger partial charge in [-0.05, 0) is 33.6 Å². The van der Waals surface area contributed by atoms with Crippen LogP contribution in [0.2, 0.25) is 0 Å². The minimum absolute atomic E-state index is 0. The summed E-state index contributed by atoms with van der Waals surface area (Å²) in [4.78, 5) is 4.57. The van der Waals surface area contributed by atoms with E-state index in [9.17, 15) is 5.11 Å². The molecule has 0 amide bonds. The van der Waals surface area contributed by atoms with E-state index in [1.54, 1.807) is 7.11 Å². The molecule has 132 valence electrons. The molecule has 1 aliphatic rings. The predicted octanol–water partition coefficient (Wildman–Crippen LogP) is 1.37. The van der Waals surface area contributed by atoms with E-state index in [1.807, 2.05) is 20.8 Å². The number of aliphatic imine (C=N–C) groups is 1. The third-order valence-electron chi connectivity index (χ3n) is 3.97. The molecule has 1 aliphatic heterocycles. The normalized spacial score (nSPS) is 22.3. The van der Waals surface area contributed by atoms with Gasteiger partial charge in [-0.15, -0.1) is 24.0 Å². The molecule has 7 heteroatoms. The Balaban J connectivity index is 0.00000441. The molecule has 1 atom stereocenters. The number of halogens is 1. The first-order valence-corrected chi connectivity index (χ1v) is 7.73. The number of ether oxygens (including phenoxy) is 2. The van der Waals surface area contributed by atoms with Crippen molar-refractivity contribution >= 4 is 29.9 Å². The van der Waals surface area contributed by atoms with Crippen molar-refractivity contribution in [2.24, 2.45) is 10.4 Å². The Kier molecular flexibility index (Phi) is 10.6. The zero-order chi connectivity index (χ0) is 15.8. The number of nitrogens with one attached hydrogen (secondary N) is 2. The van der Waals surface area contributed by atoms with Crippen molar-refractivity contribution in [2.75, 3.05) is 46.6 Å². The van der Waals surface area contributed by atoms with E-state index in [4.69, 9.17) is 9.47 Å². The van der Waals surface area contributed by atoms with Gasteiger partial charge in [-0.1, -0.05) is 0 Å². The van der Waals surface area contributed by atoms with Crippen LogP contribution in [-0.2, 0) is 9.47 Å². The van der Waals surface area contributed by atoms with E-state index < -0.39 is 0 Å². The van der Waals surface area contributed by atoms with Crippen LogP contribution in [0.5, 0.6) is 0 Å². The van der Waals surface area contributed by atoms with Gasteiger partial charge in [0.2, 0.25) is 0 Å². The summed E-state index contributed by atoms with van der Waals surface area (Å²) in [7, 11) is 1.70. The summed E-state index contributed by atoms with van der Waals surface area (Å²) in [5.74, 6) is 0.784. The smallest absolute Gasteiger partial charge is 0.191 e. The Hall–Kier alpha value is -0.120. The zero-order valence-corrected chi connectivity index (χ0v) is 16.6. The lowest BCUT2D eigenvalue weighted by molar-refractivity contribution is 0.0310. The number of methoxy groups -OCH3 is 1. The molecule has 0 aromatic carbocycles. The lowest BCUT2D eigenvalue weighted by Crippen LogP contribution is -2.45. The van der Waals surface area contributed by atoms with Gasteiger partial charge in [-0.25, -0.2) is 0 Å². The van der Waals surface area contributed by atoms with Crippen molar-refractivity contribution in [3.8, 4) is 0 Å². The first-order chi connectivity index (χ1) is 9.97. The third-order valence-corrected chi connectivity index (χ3v) is 3.97. The number of aliphatic hydroxyl groups is 1. The van der Waals surface area contributed by atoms with E-state index in [-0.39, 0.29) is 41.6 Å². The quantitative estimate of drug-likeness (QED) is 0.309. The number of hydrogen-bond acceptors (Lipinski definition) is 4. The van der Waals surface area contributed by atoms with Crippen LogP contribution in [0.15, 0.2) is 4.99 Å². The molecule has 0 radical (unpaired) electrons. The van der Waals surface area contributed by atoms with Crippen molar-refractivity contribution in [2.45, 2.75) is 39.2 Å². The maximum Gasteiger partial charge on any atom is 0.191 e. The molecule has 22 heavy (non-hydrogen) atoms. The molecule has 0 saturated carbocycles. The Bertz CT molecular complexity index is 332. The Labute approximate surface area is 151 Å². The first kappa shape index (κ1) is 21.9. The minimum atomic E-state index is -0.276. The molecule has 1 rings (SSSR count). The summed E-state index contributed by atoms with van der Waals surface area (Å²) in [6, 6.07) is 0. The second kappa shape index (κ2) is 10.6. The molecular weight excluding hydrogens is 397 g/mol. The zero-order valence-electron chi connectivity index (χ0n) is 14.3. The molecule has 0 bridgehead atoms. The topological polar surface area (TPSA) is 75.1 Å². The molecule has 3 N–H and O–H groups in total. The van der Waals surface area contributed by atoms with Crippen LogP contribution in [0, 0.1) is 5.41 Å². The molecule has 1 saturated heterocycles. The van der Waals surface area contributed by atoms with Gasteiger partial charge in [0.25, 0.3) is 0 Å². The first-order valence-electron chi connectivity index (χ1n) is 7.73. The van der Waals surface area contributed by atoms with Gasteiger partial charge in [-0.2, -0.15) is 0 Å². The van der Waals surface area contributed by atoms with Crippen molar-refractivity contribution in [3.05, 3.63) is 0 Å². The van der Waals surface area contributed by atoms with Crippen LogP contribution >= 0.6 is 24.0 Å². The van der Waals surface area contributed by atoms with Crippen LogP contribution in [0.4, 0.5) is 0 Å². The van der Waals surface area contributed by atoms with Crippen LogP contribution < -0.4 is 10.6 Å². The molecule has 0 aromatic rings. The summed E-state index contributed by atoms with van der Waals surface area (Å²) in [6.45, 7) is 9.87. The summed E-state index contributed by atoms with van der Waals surface area (Å²) in [5, 5.41) is 15.9. The Morgan fingerprint density at radius 2 is 2.14 bits per heavy atom. The fourth-order valence-corrected chi connectivity index (χ4v) is 2.26. The SMILES string of the molecule is CCNC(=NCC(C)(C)OC)NCC1(CCO)CCOC1.I. The van der Waals surface area contributed by atoms with E-state index in [1.165, 1.54) is 0 Å². The second-order valence-corrected chi connectivity index (χ2v) is 6.29. The fourth-order valence-electron chi connectivity index (χ4n) is 2.26. The lowest BCUT2D eigenvalue weighted by atomic mass is 9.84. The number of guanidine groups is 1. The highest BCUT2D eigenvalue weighted by atomic mass is 127.